The molecule has 0 saturated carbocycles. The van der Waals surface area contributed by atoms with Gasteiger partial charge < -0.3 is 14.6 Å². The fourth-order valence-corrected chi connectivity index (χ4v) is 4.37. The van der Waals surface area contributed by atoms with Crippen LogP contribution in [0.25, 0.3) is 0 Å². The number of para-hydroxylation sites is 1. The van der Waals surface area contributed by atoms with Crippen LogP contribution in [0.3, 0.4) is 0 Å². The van der Waals surface area contributed by atoms with Crippen LogP contribution in [0.5, 0.6) is 11.5 Å². The molecule has 2 aromatic carbocycles. The number of hydrogen-bond acceptors (Lipinski definition) is 3. The first-order valence-corrected chi connectivity index (χ1v) is 13.9. The van der Waals surface area contributed by atoms with Crippen molar-refractivity contribution in [1.29, 1.82) is 0 Å². The number of halogens is 3. The summed E-state index contributed by atoms with van der Waals surface area (Å²) < 4.78 is 48.6. The van der Waals surface area contributed by atoms with Crippen molar-refractivity contribution in [2.75, 3.05) is 6.61 Å². The SMILES string of the molecule is CC#CC(CC(=O)O)c1ccc(OCC[C@@H](C)Oc2ccccc2CCCCCCCCCC(F)(F)F)cc1. The van der Waals surface area contributed by atoms with E-state index in [1.165, 1.54) is 0 Å². The van der Waals surface area contributed by atoms with Crippen LogP contribution in [0.15, 0.2) is 48.5 Å². The third-order valence-corrected chi connectivity index (χ3v) is 6.48. The number of carbonyl (C=O) groups is 1. The summed E-state index contributed by atoms with van der Waals surface area (Å²) >= 11 is 0. The molecule has 1 unspecified atom stereocenters. The van der Waals surface area contributed by atoms with Crippen LogP contribution in [0.2, 0.25) is 0 Å². The summed E-state index contributed by atoms with van der Waals surface area (Å²) in [5.41, 5.74) is 2.02. The van der Waals surface area contributed by atoms with Gasteiger partial charge in [0.25, 0.3) is 0 Å². The third kappa shape index (κ3) is 14.0. The van der Waals surface area contributed by atoms with E-state index >= 15 is 0 Å². The molecule has 2 rings (SSSR count). The standard InChI is InChI=1S/C32H41F3O4/c1-3-13-28(24-31(36)37)26-17-19-29(20-18-26)38-23-21-25(2)39-30-16-11-10-15-27(30)14-9-7-5-4-6-8-12-22-32(33,34)35/h10-11,15-20,25,28H,4-9,12,14,21-24H2,1-2H3,(H,36,37)/t25-,28?/m1/s1. The van der Waals surface area contributed by atoms with Crippen LogP contribution >= 0.6 is 0 Å². The van der Waals surface area contributed by atoms with Gasteiger partial charge >= 0.3 is 12.1 Å². The van der Waals surface area contributed by atoms with E-state index in [1.54, 1.807) is 6.92 Å². The quantitative estimate of drug-likeness (QED) is 0.150. The predicted molar refractivity (Wildman–Crippen MR) is 148 cm³/mol. The van der Waals surface area contributed by atoms with Gasteiger partial charge in [-0.25, -0.2) is 0 Å². The molecule has 39 heavy (non-hydrogen) atoms. The lowest BCUT2D eigenvalue weighted by Crippen LogP contribution is -2.16. The maximum absolute atomic E-state index is 12.2. The van der Waals surface area contributed by atoms with E-state index in [2.05, 4.69) is 17.9 Å². The van der Waals surface area contributed by atoms with E-state index in [9.17, 15) is 18.0 Å². The Morgan fingerprint density at radius 2 is 1.59 bits per heavy atom. The number of ether oxygens (including phenoxy) is 2. The van der Waals surface area contributed by atoms with Gasteiger partial charge in [0.1, 0.15) is 11.5 Å². The van der Waals surface area contributed by atoms with Crippen LogP contribution in [0, 0.1) is 11.8 Å². The fraction of sp³-hybridized carbons (Fsp3) is 0.531. The molecule has 0 bridgehead atoms. The zero-order valence-electron chi connectivity index (χ0n) is 23.1. The molecule has 0 fully saturated rings. The Bertz CT molecular complexity index is 1040. The van der Waals surface area contributed by atoms with E-state index in [4.69, 9.17) is 14.6 Å². The summed E-state index contributed by atoms with van der Waals surface area (Å²) in [7, 11) is 0. The second-order valence-corrected chi connectivity index (χ2v) is 9.88. The lowest BCUT2D eigenvalue weighted by Gasteiger charge is -2.18. The Hall–Kier alpha value is -3.14. The number of benzene rings is 2. The van der Waals surface area contributed by atoms with E-state index in [0.29, 0.717) is 25.2 Å². The Kier molecular flexibility index (Phi) is 14.3. The number of aryl methyl sites for hydroxylation is 1. The largest absolute Gasteiger partial charge is 0.493 e. The average Bonchev–Trinajstić information content (AvgIpc) is 2.88. The number of rotatable bonds is 18. The Morgan fingerprint density at radius 3 is 2.23 bits per heavy atom. The normalized spacial score (nSPS) is 12.7. The smallest absolute Gasteiger partial charge is 0.389 e. The van der Waals surface area contributed by atoms with Gasteiger partial charge in [-0.15, -0.1) is 5.92 Å². The average molecular weight is 547 g/mol. The molecule has 2 aromatic rings. The summed E-state index contributed by atoms with van der Waals surface area (Å²) in [5.74, 6) is 6.12. The molecule has 0 spiro atoms. The molecule has 4 nitrogen and oxygen atoms in total. The highest BCUT2D eigenvalue weighted by atomic mass is 19.4. The van der Waals surface area contributed by atoms with Gasteiger partial charge in [0.15, 0.2) is 0 Å². The minimum absolute atomic E-state index is 0.0360. The molecule has 7 heteroatoms. The minimum Gasteiger partial charge on any atom is -0.493 e. The number of carboxylic acid groups (broad SMARTS) is 1. The van der Waals surface area contributed by atoms with Crippen LogP contribution in [0.4, 0.5) is 13.2 Å². The number of alkyl halides is 3. The molecule has 2 atom stereocenters. The molecule has 0 aromatic heterocycles. The molecular formula is C32H41F3O4. The molecule has 0 saturated heterocycles. The van der Waals surface area contributed by atoms with E-state index in [0.717, 1.165) is 55.4 Å². The Balaban J connectivity index is 1.69. The van der Waals surface area contributed by atoms with Crippen molar-refractivity contribution in [3.8, 4) is 23.3 Å². The van der Waals surface area contributed by atoms with Crippen LogP contribution in [-0.2, 0) is 11.2 Å². The summed E-state index contributed by atoms with van der Waals surface area (Å²) in [6.07, 6.45) is 2.65. The monoisotopic (exact) mass is 546 g/mol. The van der Waals surface area contributed by atoms with E-state index in [1.807, 2.05) is 49.4 Å². The summed E-state index contributed by atoms with van der Waals surface area (Å²) in [6, 6.07) is 15.4. The van der Waals surface area contributed by atoms with Crippen molar-refractivity contribution < 1.29 is 32.5 Å². The van der Waals surface area contributed by atoms with Gasteiger partial charge in [0.2, 0.25) is 0 Å². The lowest BCUT2D eigenvalue weighted by atomic mass is 9.96. The van der Waals surface area contributed by atoms with E-state index in [-0.39, 0.29) is 24.9 Å². The van der Waals surface area contributed by atoms with Crippen molar-refractivity contribution in [2.24, 2.45) is 0 Å². The van der Waals surface area contributed by atoms with Crippen molar-refractivity contribution in [3.63, 3.8) is 0 Å². The number of carboxylic acids is 1. The molecule has 0 heterocycles. The maximum Gasteiger partial charge on any atom is 0.389 e. The number of hydrogen-bond donors (Lipinski definition) is 1. The van der Waals surface area contributed by atoms with Crippen molar-refractivity contribution in [3.05, 3.63) is 59.7 Å². The summed E-state index contributed by atoms with van der Waals surface area (Å²) in [6.45, 7) is 4.20. The molecule has 0 aliphatic carbocycles. The molecule has 1 N–H and O–H groups in total. The first-order valence-electron chi connectivity index (χ1n) is 13.9. The van der Waals surface area contributed by atoms with Gasteiger partial charge in [-0.05, 0) is 62.4 Å². The fourth-order valence-electron chi connectivity index (χ4n) is 4.37. The Morgan fingerprint density at radius 1 is 0.949 bits per heavy atom. The van der Waals surface area contributed by atoms with E-state index < -0.39 is 18.6 Å². The Labute approximate surface area is 230 Å². The van der Waals surface area contributed by atoms with Crippen LogP contribution < -0.4 is 9.47 Å². The van der Waals surface area contributed by atoms with Crippen molar-refractivity contribution >= 4 is 5.97 Å². The highest BCUT2D eigenvalue weighted by Crippen LogP contribution is 2.25. The minimum atomic E-state index is -4.04. The van der Waals surface area contributed by atoms with Crippen LogP contribution in [-0.4, -0.2) is 30.0 Å². The van der Waals surface area contributed by atoms with Gasteiger partial charge in [-0.2, -0.15) is 13.2 Å². The molecule has 0 aliphatic heterocycles. The first kappa shape index (κ1) is 32.1. The summed E-state index contributed by atoms with van der Waals surface area (Å²) in [4.78, 5) is 11.1. The highest BCUT2D eigenvalue weighted by Gasteiger charge is 2.25. The second-order valence-electron chi connectivity index (χ2n) is 9.88. The predicted octanol–water partition coefficient (Wildman–Crippen LogP) is 8.73. The molecular weight excluding hydrogens is 505 g/mol. The number of aliphatic carboxylic acids is 1. The van der Waals surface area contributed by atoms with Gasteiger partial charge in [-0.3, -0.25) is 4.79 Å². The molecule has 0 aliphatic rings. The van der Waals surface area contributed by atoms with Gasteiger partial charge in [-0.1, -0.05) is 68.4 Å². The van der Waals surface area contributed by atoms with Crippen molar-refractivity contribution in [1.82, 2.24) is 0 Å². The topological polar surface area (TPSA) is 55.8 Å². The van der Waals surface area contributed by atoms with Crippen molar-refractivity contribution in [2.45, 2.75) is 103 Å². The number of unbranched alkanes of at least 4 members (excludes halogenated alkanes) is 6. The van der Waals surface area contributed by atoms with Gasteiger partial charge in [0, 0.05) is 12.8 Å². The molecule has 214 valence electrons. The maximum atomic E-state index is 12.2. The van der Waals surface area contributed by atoms with Gasteiger partial charge in [0.05, 0.1) is 25.0 Å². The zero-order chi connectivity index (χ0) is 28.5. The van der Waals surface area contributed by atoms with Crippen LogP contribution in [0.1, 0.15) is 95.1 Å². The third-order valence-electron chi connectivity index (χ3n) is 6.48. The second kappa shape index (κ2) is 17.4. The molecule has 0 radical (unpaired) electrons. The lowest BCUT2D eigenvalue weighted by molar-refractivity contribution is -0.137. The molecule has 0 amide bonds. The first-order chi connectivity index (χ1) is 18.7. The summed E-state index contributed by atoms with van der Waals surface area (Å²) in [5, 5.41) is 9.10. The highest BCUT2D eigenvalue weighted by molar-refractivity contribution is 5.69. The zero-order valence-corrected chi connectivity index (χ0v) is 23.1.